The Balaban J connectivity index is 1.48. The second-order valence-electron chi connectivity index (χ2n) is 5.70. The number of carbonyl (C=O) groups excluding carboxylic acids is 1. The van der Waals surface area contributed by atoms with Crippen LogP contribution in [0.2, 0.25) is 0 Å². The van der Waals surface area contributed by atoms with Gasteiger partial charge in [-0.05, 0) is 38.3 Å². The highest BCUT2D eigenvalue weighted by atomic mass is 32.1. The number of ether oxygens (including phenoxy) is 1. The molecule has 0 radical (unpaired) electrons. The Morgan fingerprint density at radius 2 is 2.17 bits per heavy atom. The van der Waals surface area contributed by atoms with Crippen LogP contribution in [0.15, 0.2) is 36.5 Å². The molecule has 0 saturated heterocycles. The van der Waals surface area contributed by atoms with Crippen molar-refractivity contribution >= 4 is 17.4 Å². The van der Waals surface area contributed by atoms with Gasteiger partial charge in [0.1, 0.15) is 16.9 Å². The topological polar surface area (TPSA) is 63.2 Å². The summed E-state index contributed by atoms with van der Waals surface area (Å²) in [5, 5.41) is 6.81. The molecule has 1 saturated carbocycles. The number of amides is 2. The monoisotopic (exact) mass is 331 g/mol. The first-order valence-corrected chi connectivity index (χ1v) is 8.70. The Labute approximate surface area is 140 Å². The molecule has 2 aromatic rings. The third-order valence-corrected chi connectivity index (χ3v) is 4.78. The second-order valence-corrected chi connectivity index (χ2v) is 7.02. The molecule has 2 N–H and O–H groups in total. The minimum Gasteiger partial charge on any atom is -0.488 e. The van der Waals surface area contributed by atoms with Crippen LogP contribution in [0.4, 0.5) is 4.79 Å². The zero-order valence-corrected chi connectivity index (χ0v) is 13.9. The highest BCUT2D eigenvalue weighted by molar-refractivity contribution is 7.11. The Hall–Kier alpha value is -2.08. The third kappa shape index (κ3) is 4.45. The zero-order chi connectivity index (χ0) is 16.1. The van der Waals surface area contributed by atoms with Gasteiger partial charge < -0.3 is 15.4 Å². The Morgan fingerprint density at radius 1 is 1.35 bits per heavy atom. The minimum absolute atomic E-state index is 0.0326. The molecule has 0 bridgehead atoms. The van der Waals surface area contributed by atoms with Crippen LogP contribution >= 0.6 is 11.3 Å². The smallest absolute Gasteiger partial charge is 0.315 e. The van der Waals surface area contributed by atoms with E-state index >= 15 is 0 Å². The van der Waals surface area contributed by atoms with Crippen LogP contribution in [0, 0.1) is 6.92 Å². The van der Waals surface area contributed by atoms with Crippen LogP contribution < -0.4 is 15.4 Å². The van der Waals surface area contributed by atoms with E-state index in [2.05, 4.69) is 15.6 Å². The molecule has 3 rings (SSSR count). The molecule has 2 atom stereocenters. The molecule has 6 heteroatoms. The van der Waals surface area contributed by atoms with E-state index in [1.165, 1.54) is 0 Å². The molecule has 1 heterocycles. The highest BCUT2D eigenvalue weighted by Gasteiger charge is 2.30. The standard InChI is InChI=1S/C17H21N3O2S/c1-12-10-18-16(23-12)11-19-17(21)20-14-8-5-9-15(14)22-13-6-3-2-4-7-13/h2-4,6-7,10,14-15H,5,8-9,11H2,1H3,(H2,19,20,21)/t14-,15+/m1/s1. The van der Waals surface area contributed by atoms with Crippen molar-refractivity contribution in [2.45, 2.75) is 44.9 Å². The van der Waals surface area contributed by atoms with Crippen LogP contribution in [-0.4, -0.2) is 23.2 Å². The van der Waals surface area contributed by atoms with Gasteiger partial charge in [0.05, 0.1) is 12.6 Å². The van der Waals surface area contributed by atoms with Gasteiger partial charge in [-0.1, -0.05) is 18.2 Å². The normalized spacial score (nSPS) is 20.2. The van der Waals surface area contributed by atoms with E-state index in [9.17, 15) is 4.79 Å². The molecule has 0 aliphatic heterocycles. The molecule has 1 aliphatic carbocycles. The van der Waals surface area contributed by atoms with Crippen molar-refractivity contribution in [1.82, 2.24) is 15.6 Å². The fourth-order valence-corrected chi connectivity index (χ4v) is 3.49. The molecule has 2 amide bonds. The molecule has 5 nitrogen and oxygen atoms in total. The number of carbonyl (C=O) groups is 1. The quantitative estimate of drug-likeness (QED) is 0.884. The van der Waals surface area contributed by atoms with E-state index in [4.69, 9.17) is 4.74 Å². The number of aromatic nitrogens is 1. The number of hydrogen-bond acceptors (Lipinski definition) is 4. The van der Waals surface area contributed by atoms with E-state index in [1.807, 2.05) is 43.5 Å². The lowest BCUT2D eigenvalue weighted by atomic mass is 10.2. The van der Waals surface area contributed by atoms with Crippen molar-refractivity contribution < 1.29 is 9.53 Å². The summed E-state index contributed by atoms with van der Waals surface area (Å²) in [7, 11) is 0. The number of urea groups is 1. The van der Waals surface area contributed by atoms with Crippen molar-refractivity contribution in [2.75, 3.05) is 0 Å². The average molecular weight is 331 g/mol. The number of thiazole rings is 1. The van der Waals surface area contributed by atoms with Gasteiger partial charge in [-0.2, -0.15) is 0 Å². The first-order chi connectivity index (χ1) is 11.2. The first-order valence-electron chi connectivity index (χ1n) is 7.88. The predicted octanol–water partition coefficient (Wildman–Crippen LogP) is 3.25. The van der Waals surface area contributed by atoms with Gasteiger partial charge in [-0.25, -0.2) is 9.78 Å². The third-order valence-electron chi connectivity index (χ3n) is 3.87. The Kier molecular flexibility index (Phi) is 5.12. The summed E-state index contributed by atoms with van der Waals surface area (Å²) in [6.07, 6.45) is 4.83. The van der Waals surface area contributed by atoms with Crippen molar-refractivity contribution in [2.24, 2.45) is 0 Å². The molecule has 1 aromatic carbocycles. The lowest BCUT2D eigenvalue weighted by Gasteiger charge is -2.22. The van der Waals surface area contributed by atoms with E-state index in [1.54, 1.807) is 11.3 Å². The molecule has 1 aliphatic rings. The predicted molar refractivity (Wildman–Crippen MR) is 90.7 cm³/mol. The van der Waals surface area contributed by atoms with Crippen molar-refractivity contribution in [1.29, 1.82) is 0 Å². The molecule has 122 valence electrons. The molecule has 0 spiro atoms. The van der Waals surface area contributed by atoms with Crippen LogP contribution in [0.5, 0.6) is 5.75 Å². The van der Waals surface area contributed by atoms with E-state index in [-0.39, 0.29) is 18.2 Å². The van der Waals surface area contributed by atoms with Crippen molar-refractivity contribution in [3.8, 4) is 5.75 Å². The minimum atomic E-state index is -0.161. The summed E-state index contributed by atoms with van der Waals surface area (Å²) in [5.74, 6) is 0.852. The maximum Gasteiger partial charge on any atom is 0.315 e. The number of benzene rings is 1. The highest BCUT2D eigenvalue weighted by Crippen LogP contribution is 2.24. The van der Waals surface area contributed by atoms with Gasteiger partial charge in [-0.3, -0.25) is 0 Å². The Morgan fingerprint density at radius 3 is 2.91 bits per heavy atom. The SMILES string of the molecule is Cc1cnc(CNC(=O)N[C@@H]2CCC[C@@H]2Oc2ccccc2)s1. The van der Waals surface area contributed by atoms with Crippen LogP contribution in [0.1, 0.15) is 29.1 Å². The summed E-state index contributed by atoms with van der Waals surface area (Å²) >= 11 is 1.60. The number of rotatable bonds is 5. The van der Waals surface area contributed by atoms with Gasteiger partial charge in [0.2, 0.25) is 0 Å². The van der Waals surface area contributed by atoms with Gasteiger partial charge in [0.15, 0.2) is 0 Å². The van der Waals surface area contributed by atoms with Crippen LogP contribution in [0.25, 0.3) is 0 Å². The van der Waals surface area contributed by atoms with Crippen molar-refractivity contribution in [3.05, 3.63) is 46.4 Å². The largest absolute Gasteiger partial charge is 0.488 e. The van der Waals surface area contributed by atoms with Crippen molar-refractivity contribution in [3.63, 3.8) is 0 Å². The van der Waals surface area contributed by atoms with Crippen LogP contribution in [0.3, 0.4) is 0 Å². The molecular formula is C17H21N3O2S. The second kappa shape index (κ2) is 7.46. The lowest BCUT2D eigenvalue weighted by molar-refractivity contribution is 0.172. The average Bonchev–Trinajstić information content (AvgIpc) is 3.16. The van der Waals surface area contributed by atoms with Crippen LogP contribution in [-0.2, 0) is 6.54 Å². The van der Waals surface area contributed by atoms with Gasteiger partial charge in [0, 0.05) is 11.1 Å². The summed E-state index contributed by atoms with van der Waals surface area (Å²) in [4.78, 5) is 17.5. The van der Waals surface area contributed by atoms with E-state index < -0.39 is 0 Å². The molecule has 1 aromatic heterocycles. The number of nitrogens with zero attached hydrogens (tertiary/aromatic N) is 1. The van der Waals surface area contributed by atoms with E-state index in [0.717, 1.165) is 34.9 Å². The summed E-state index contributed by atoms with van der Waals surface area (Å²) < 4.78 is 6.00. The van der Waals surface area contributed by atoms with Gasteiger partial charge in [-0.15, -0.1) is 11.3 Å². The summed E-state index contributed by atoms with van der Waals surface area (Å²) in [6, 6.07) is 9.65. The number of nitrogens with one attached hydrogen (secondary N) is 2. The Bertz CT molecular complexity index is 644. The number of para-hydroxylation sites is 1. The first kappa shape index (κ1) is 15.8. The summed E-state index contributed by atoms with van der Waals surface area (Å²) in [5.41, 5.74) is 0. The molecule has 23 heavy (non-hydrogen) atoms. The van der Waals surface area contributed by atoms with Gasteiger partial charge >= 0.3 is 6.03 Å². The zero-order valence-electron chi connectivity index (χ0n) is 13.1. The number of aryl methyl sites for hydroxylation is 1. The summed E-state index contributed by atoms with van der Waals surface area (Å²) in [6.45, 7) is 2.46. The number of hydrogen-bond donors (Lipinski definition) is 2. The van der Waals surface area contributed by atoms with E-state index in [0.29, 0.717) is 6.54 Å². The fourth-order valence-electron chi connectivity index (χ4n) is 2.76. The molecular weight excluding hydrogens is 310 g/mol. The van der Waals surface area contributed by atoms with Gasteiger partial charge in [0.25, 0.3) is 0 Å². The lowest BCUT2D eigenvalue weighted by Crippen LogP contribution is -2.46. The fraction of sp³-hybridized carbons (Fsp3) is 0.412. The molecule has 0 unspecified atom stereocenters. The maximum absolute atomic E-state index is 12.1. The molecule has 1 fully saturated rings. The maximum atomic E-state index is 12.1.